The number of benzene rings is 2. The van der Waals surface area contributed by atoms with E-state index in [-0.39, 0.29) is 18.6 Å². The maximum absolute atomic E-state index is 14.5. The van der Waals surface area contributed by atoms with Gasteiger partial charge in [0, 0.05) is 0 Å². The van der Waals surface area contributed by atoms with Crippen LogP contribution in [0.25, 0.3) is 5.69 Å². The summed E-state index contributed by atoms with van der Waals surface area (Å²) in [4.78, 5) is 11.0. The van der Waals surface area contributed by atoms with Crippen molar-refractivity contribution >= 4 is 5.97 Å². The molecule has 3 aromatic rings. The summed E-state index contributed by atoms with van der Waals surface area (Å²) in [5.74, 6) is -3.98. The Morgan fingerprint density at radius 3 is 2.35 bits per heavy atom. The smallest absolute Gasteiger partial charge is 0.306 e. The molecule has 0 radical (unpaired) electrons. The Kier molecular flexibility index (Phi) is 7.05. The molecule has 0 spiro atoms. The fraction of sp³-hybridized carbons (Fsp3) is 0.333. The highest BCUT2D eigenvalue weighted by atomic mass is 19.1. The standard InChI is InChI=1S/C24H26F2N2O3/c1-4-5-17-6-8-19(9-7-17)28-20(11-16(3)27-28)14-31-23-21(25)12-18(13-22(23)26)10-15(2)24(29)30/h6-9,11-13,15H,4-5,10,14H2,1-3H3,(H,29,30). The van der Waals surface area contributed by atoms with E-state index >= 15 is 0 Å². The molecule has 164 valence electrons. The Balaban J connectivity index is 1.78. The van der Waals surface area contributed by atoms with Gasteiger partial charge in [-0.1, -0.05) is 32.4 Å². The molecule has 0 saturated carbocycles. The molecule has 31 heavy (non-hydrogen) atoms. The van der Waals surface area contributed by atoms with E-state index in [1.54, 1.807) is 10.7 Å². The topological polar surface area (TPSA) is 64.4 Å². The van der Waals surface area contributed by atoms with Gasteiger partial charge in [-0.15, -0.1) is 0 Å². The summed E-state index contributed by atoms with van der Waals surface area (Å²) in [5.41, 5.74) is 3.75. The third-order valence-corrected chi connectivity index (χ3v) is 5.01. The van der Waals surface area contributed by atoms with E-state index in [9.17, 15) is 13.6 Å². The summed E-state index contributed by atoms with van der Waals surface area (Å²) in [7, 11) is 0. The summed E-state index contributed by atoms with van der Waals surface area (Å²) >= 11 is 0. The number of rotatable bonds is 9. The Labute approximate surface area is 180 Å². The van der Waals surface area contributed by atoms with Crippen LogP contribution in [0.2, 0.25) is 0 Å². The lowest BCUT2D eigenvalue weighted by molar-refractivity contribution is -0.141. The van der Waals surface area contributed by atoms with Gasteiger partial charge in [-0.2, -0.15) is 5.10 Å². The minimum Gasteiger partial charge on any atom is -0.481 e. The zero-order valence-corrected chi connectivity index (χ0v) is 17.9. The Morgan fingerprint density at radius 1 is 1.13 bits per heavy atom. The largest absolute Gasteiger partial charge is 0.481 e. The predicted octanol–water partition coefficient (Wildman–Crippen LogP) is 5.25. The summed E-state index contributed by atoms with van der Waals surface area (Å²) < 4.78 is 36.1. The molecular weight excluding hydrogens is 402 g/mol. The zero-order valence-electron chi connectivity index (χ0n) is 17.9. The minimum atomic E-state index is -1.02. The number of carboxylic acid groups (broad SMARTS) is 1. The van der Waals surface area contributed by atoms with Crippen LogP contribution in [0.4, 0.5) is 8.78 Å². The molecule has 7 heteroatoms. The number of halogens is 2. The Morgan fingerprint density at radius 2 is 1.77 bits per heavy atom. The molecule has 0 aliphatic heterocycles. The molecule has 0 amide bonds. The van der Waals surface area contributed by atoms with Crippen molar-refractivity contribution in [3.05, 3.63) is 76.6 Å². The molecule has 3 rings (SSSR count). The molecule has 0 fully saturated rings. The van der Waals surface area contributed by atoms with Crippen LogP contribution >= 0.6 is 0 Å². The van der Waals surface area contributed by atoms with Crippen LogP contribution in [0, 0.1) is 24.5 Å². The molecule has 1 unspecified atom stereocenters. The van der Waals surface area contributed by atoms with Crippen LogP contribution in [0.3, 0.4) is 0 Å². The van der Waals surface area contributed by atoms with Crippen LogP contribution in [0.1, 0.15) is 42.8 Å². The minimum absolute atomic E-state index is 0.0312. The third-order valence-electron chi connectivity index (χ3n) is 5.01. The van der Waals surface area contributed by atoms with Crippen molar-refractivity contribution in [2.75, 3.05) is 0 Å². The van der Waals surface area contributed by atoms with Crippen LogP contribution in [0.15, 0.2) is 42.5 Å². The van der Waals surface area contributed by atoms with Crippen molar-refractivity contribution in [1.29, 1.82) is 0 Å². The number of nitrogens with zero attached hydrogens (tertiary/aromatic N) is 2. The van der Waals surface area contributed by atoms with Gasteiger partial charge in [0.25, 0.3) is 0 Å². The molecule has 0 bridgehead atoms. The predicted molar refractivity (Wildman–Crippen MR) is 113 cm³/mol. The normalized spacial score (nSPS) is 12.0. The van der Waals surface area contributed by atoms with Gasteiger partial charge in [0.05, 0.1) is 23.0 Å². The molecule has 2 aromatic carbocycles. The molecule has 1 aromatic heterocycles. The van der Waals surface area contributed by atoms with Crippen molar-refractivity contribution < 1.29 is 23.4 Å². The highest BCUT2D eigenvalue weighted by Gasteiger charge is 2.18. The molecule has 5 nitrogen and oxygen atoms in total. The second-order valence-corrected chi connectivity index (χ2v) is 7.73. The second kappa shape index (κ2) is 9.73. The summed E-state index contributed by atoms with van der Waals surface area (Å²) in [6.07, 6.45) is 2.09. The van der Waals surface area contributed by atoms with E-state index in [4.69, 9.17) is 9.84 Å². The SMILES string of the molecule is CCCc1ccc(-n2nc(C)cc2COc2c(F)cc(CC(C)C(=O)O)cc2F)cc1. The van der Waals surface area contributed by atoms with Gasteiger partial charge in [-0.3, -0.25) is 4.79 Å². The number of carbonyl (C=O) groups is 1. The van der Waals surface area contributed by atoms with Gasteiger partial charge in [0.2, 0.25) is 0 Å². The first kappa shape index (κ1) is 22.5. The number of aromatic nitrogens is 2. The highest BCUT2D eigenvalue weighted by molar-refractivity contribution is 5.69. The fourth-order valence-corrected chi connectivity index (χ4v) is 3.43. The van der Waals surface area contributed by atoms with Gasteiger partial charge in [-0.05, 0) is 61.2 Å². The van der Waals surface area contributed by atoms with Crippen molar-refractivity contribution in [3.8, 4) is 11.4 Å². The lowest BCUT2D eigenvalue weighted by Gasteiger charge is -2.13. The molecule has 0 aliphatic rings. The summed E-state index contributed by atoms with van der Waals surface area (Å²) in [6.45, 7) is 5.37. The number of hydrogen-bond donors (Lipinski definition) is 1. The van der Waals surface area contributed by atoms with E-state index in [1.165, 1.54) is 12.5 Å². The first-order chi connectivity index (χ1) is 14.8. The van der Waals surface area contributed by atoms with Crippen LogP contribution in [-0.2, 0) is 24.2 Å². The van der Waals surface area contributed by atoms with Crippen molar-refractivity contribution in [2.24, 2.45) is 5.92 Å². The van der Waals surface area contributed by atoms with E-state index in [1.807, 2.05) is 31.2 Å². The second-order valence-electron chi connectivity index (χ2n) is 7.73. The van der Waals surface area contributed by atoms with Crippen molar-refractivity contribution in [2.45, 2.75) is 46.6 Å². The van der Waals surface area contributed by atoms with Gasteiger partial charge in [0.1, 0.15) is 6.61 Å². The molecule has 0 aliphatic carbocycles. The number of aliphatic carboxylic acids is 1. The van der Waals surface area contributed by atoms with Crippen LogP contribution < -0.4 is 4.74 Å². The number of aryl methyl sites for hydroxylation is 2. The lowest BCUT2D eigenvalue weighted by Crippen LogP contribution is -2.13. The first-order valence-corrected chi connectivity index (χ1v) is 10.3. The summed E-state index contributed by atoms with van der Waals surface area (Å²) in [5, 5.41) is 13.5. The quantitative estimate of drug-likeness (QED) is 0.505. The monoisotopic (exact) mass is 428 g/mol. The number of hydrogen-bond acceptors (Lipinski definition) is 3. The van der Waals surface area contributed by atoms with E-state index < -0.39 is 29.3 Å². The van der Waals surface area contributed by atoms with E-state index in [0.717, 1.165) is 36.4 Å². The average molecular weight is 428 g/mol. The third kappa shape index (κ3) is 5.48. The van der Waals surface area contributed by atoms with Gasteiger partial charge < -0.3 is 9.84 Å². The van der Waals surface area contributed by atoms with Gasteiger partial charge in [-0.25, -0.2) is 13.5 Å². The average Bonchev–Trinajstić information content (AvgIpc) is 3.08. The number of carboxylic acids is 1. The molecule has 1 atom stereocenters. The lowest BCUT2D eigenvalue weighted by atomic mass is 10.0. The Hall–Kier alpha value is -3.22. The zero-order chi connectivity index (χ0) is 22.5. The van der Waals surface area contributed by atoms with Crippen molar-refractivity contribution in [3.63, 3.8) is 0 Å². The summed E-state index contributed by atoms with van der Waals surface area (Å²) in [6, 6.07) is 12.0. The highest BCUT2D eigenvalue weighted by Crippen LogP contribution is 2.26. The van der Waals surface area contributed by atoms with Crippen molar-refractivity contribution in [1.82, 2.24) is 9.78 Å². The maximum atomic E-state index is 14.5. The Bertz CT molecular complexity index is 1040. The number of ether oxygens (including phenoxy) is 1. The molecular formula is C24H26F2N2O3. The van der Waals surface area contributed by atoms with Gasteiger partial charge in [0.15, 0.2) is 17.4 Å². The van der Waals surface area contributed by atoms with Crippen LogP contribution in [0.5, 0.6) is 5.75 Å². The van der Waals surface area contributed by atoms with E-state index in [2.05, 4.69) is 12.0 Å². The maximum Gasteiger partial charge on any atom is 0.306 e. The fourth-order valence-electron chi connectivity index (χ4n) is 3.43. The van der Waals surface area contributed by atoms with E-state index in [0.29, 0.717) is 5.69 Å². The van der Waals surface area contributed by atoms with Crippen LogP contribution in [-0.4, -0.2) is 20.9 Å². The molecule has 1 heterocycles. The van der Waals surface area contributed by atoms with Gasteiger partial charge >= 0.3 is 5.97 Å². The molecule has 0 saturated heterocycles. The first-order valence-electron chi connectivity index (χ1n) is 10.3. The molecule has 1 N–H and O–H groups in total.